The van der Waals surface area contributed by atoms with Gasteiger partial charge in [0, 0.05) is 24.3 Å². The Morgan fingerprint density at radius 2 is 1.90 bits per heavy atom. The molecule has 5 nitrogen and oxygen atoms in total. The summed E-state index contributed by atoms with van der Waals surface area (Å²) in [5.41, 5.74) is 0.893. The van der Waals surface area contributed by atoms with E-state index in [1.165, 1.54) is 24.5 Å². The molecule has 0 aliphatic carbocycles. The number of hydrogen-bond donors (Lipinski definition) is 2. The highest BCUT2D eigenvalue weighted by molar-refractivity contribution is 6.58. The van der Waals surface area contributed by atoms with Crippen LogP contribution in [0.3, 0.4) is 0 Å². The molecule has 8 heteroatoms. The van der Waals surface area contributed by atoms with Gasteiger partial charge in [0.1, 0.15) is 11.6 Å². The lowest BCUT2D eigenvalue weighted by Gasteiger charge is -2.06. The minimum absolute atomic E-state index is 0.0694. The lowest BCUT2D eigenvalue weighted by molar-refractivity contribution is -0.0498. The molecule has 0 atom stereocenters. The topological polar surface area (TPSA) is 75.5 Å². The number of aromatic nitrogens is 2. The molecule has 20 heavy (non-hydrogen) atoms. The van der Waals surface area contributed by atoms with Crippen molar-refractivity contribution in [3.05, 3.63) is 48.0 Å². The van der Waals surface area contributed by atoms with E-state index in [9.17, 15) is 8.78 Å². The molecule has 0 amide bonds. The summed E-state index contributed by atoms with van der Waals surface area (Å²) in [7, 11) is -1.62. The van der Waals surface area contributed by atoms with Gasteiger partial charge in [-0.05, 0) is 17.7 Å². The molecule has 1 aromatic carbocycles. The lowest BCUT2D eigenvalue weighted by atomic mass is 9.83. The summed E-state index contributed by atoms with van der Waals surface area (Å²) in [4.78, 5) is 7.93. The molecular formula is C12H11BF2N2O3. The number of nitrogens with zero attached hydrogens (tertiary/aromatic N) is 2. The number of benzene rings is 1. The summed E-state index contributed by atoms with van der Waals surface area (Å²) in [5.74, 6) is 0.503. The standard InChI is InChI=1S/C12H11BF2N2O3/c14-12(15)20-10-3-1-2-8(4-10)5-11-16-6-9(7-17-11)13(18)19/h1-4,6-7,12,18-19H,5H2. The SMILES string of the molecule is OB(O)c1cnc(Cc2cccc(OC(F)F)c2)nc1. The molecule has 0 radical (unpaired) electrons. The number of halogens is 2. The highest BCUT2D eigenvalue weighted by Gasteiger charge is 2.12. The Kier molecular flexibility index (Phi) is 4.59. The fraction of sp³-hybridized carbons (Fsp3) is 0.167. The van der Waals surface area contributed by atoms with Crippen molar-refractivity contribution in [2.24, 2.45) is 0 Å². The van der Waals surface area contributed by atoms with Gasteiger partial charge in [-0.25, -0.2) is 9.97 Å². The first kappa shape index (κ1) is 14.4. The molecule has 2 N–H and O–H groups in total. The van der Waals surface area contributed by atoms with Crippen LogP contribution in [0, 0.1) is 0 Å². The van der Waals surface area contributed by atoms with Crippen molar-refractivity contribution in [1.29, 1.82) is 0 Å². The minimum Gasteiger partial charge on any atom is -0.435 e. The Hall–Kier alpha value is -2.06. The van der Waals surface area contributed by atoms with Gasteiger partial charge in [0.05, 0.1) is 0 Å². The van der Waals surface area contributed by atoms with E-state index in [0.717, 1.165) is 0 Å². The van der Waals surface area contributed by atoms with Crippen LogP contribution in [0.1, 0.15) is 11.4 Å². The third-order valence-corrected chi connectivity index (χ3v) is 2.51. The zero-order valence-electron chi connectivity index (χ0n) is 10.3. The number of alkyl halides is 2. The van der Waals surface area contributed by atoms with Gasteiger partial charge in [0.25, 0.3) is 0 Å². The first-order chi connectivity index (χ1) is 9.54. The van der Waals surface area contributed by atoms with E-state index in [-0.39, 0.29) is 11.2 Å². The van der Waals surface area contributed by atoms with Crippen molar-refractivity contribution >= 4 is 12.6 Å². The van der Waals surface area contributed by atoms with Crippen molar-refractivity contribution in [2.75, 3.05) is 0 Å². The number of rotatable bonds is 5. The second-order valence-electron chi connectivity index (χ2n) is 4.01. The van der Waals surface area contributed by atoms with Crippen LogP contribution < -0.4 is 10.2 Å². The molecule has 2 rings (SSSR count). The van der Waals surface area contributed by atoms with E-state index in [1.54, 1.807) is 12.1 Å². The highest BCUT2D eigenvalue weighted by Crippen LogP contribution is 2.17. The molecule has 0 fully saturated rings. The zero-order valence-corrected chi connectivity index (χ0v) is 10.3. The smallest absolute Gasteiger partial charge is 0.435 e. The Morgan fingerprint density at radius 1 is 1.20 bits per heavy atom. The van der Waals surface area contributed by atoms with Gasteiger partial charge in [-0.15, -0.1) is 0 Å². The van der Waals surface area contributed by atoms with Crippen molar-refractivity contribution in [1.82, 2.24) is 9.97 Å². The van der Waals surface area contributed by atoms with E-state index in [2.05, 4.69) is 14.7 Å². The summed E-state index contributed by atoms with van der Waals surface area (Å²) >= 11 is 0. The van der Waals surface area contributed by atoms with Gasteiger partial charge < -0.3 is 14.8 Å². The summed E-state index contributed by atoms with van der Waals surface area (Å²) in [6.45, 7) is -2.87. The molecule has 0 aliphatic heterocycles. The van der Waals surface area contributed by atoms with E-state index in [4.69, 9.17) is 10.0 Å². The first-order valence-electron chi connectivity index (χ1n) is 5.75. The quantitative estimate of drug-likeness (QED) is 0.773. The molecule has 0 spiro atoms. The van der Waals surface area contributed by atoms with Crippen LogP contribution in [0.15, 0.2) is 36.7 Å². The molecule has 0 saturated heterocycles. The van der Waals surface area contributed by atoms with Crippen molar-refractivity contribution in [3.8, 4) is 5.75 Å². The van der Waals surface area contributed by atoms with Crippen LogP contribution in [-0.4, -0.2) is 33.7 Å². The van der Waals surface area contributed by atoms with Gasteiger partial charge in [-0.2, -0.15) is 8.78 Å². The Labute approximate surface area is 114 Å². The van der Waals surface area contributed by atoms with Crippen LogP contribution in [0.2, 0.25) is 0 Å². The normalized spacial score (nSPS) is 10.7. The van der Waals surface area contributed by atoms with Gasteiger partial charge in [0.2, 0.25) is 0 Å². The van der Waals surface area contributed by atoms with E-state index < -0.39 is 13.7 Å². The van der Waals surface area contributed by atoms with Gasteiger partial charge in [-0.3, -0.25) is 0 Å². The molecule has 0 saturated carbocycles. The summed E-state index contributed by atoms with van der Waals surface area (Å²) in [5, 5.41) is 17.8. The largest absolute Gasteiger partial charge is 0.491 e. The zero-order chi connectivity index (χ0) is 14.5. The summed E-state index contributed by atoms with van der Waals surface area (Å²) in [6.07, 6.45) is 2.92. The second kappa shape index (κ2) is 6.40. The fourth-order valence-electron chi connectivity index (χ4n) is 1.60. The van der Waals surface area contributed by atoms with E-state index in [1.807, 2.05) is 0 Å². The molecule has 1 aromatic heterocycles. The third kappa shape index (κ3) is 3.97. The summed E-state index contributed by atoms with van der Waals surface area (Å²) < 4.78 is 28.5. The fourth-order valence-corrected chi connectivity index (χ4v) is 1.60. The van der Waals surface area contributed by atoms with Crippen LogP contribution in [-0.2, 0) is 6.42 Å². The Bertz CT molecular complexity index is 567. The average molecular weight is 280 g/mol. The van der Waals surface area contributed by atoms with E-state index >= 15 is 0 Å². The molecule has 0 unspecified atom stereocenters. The predicted molar refractivity (Wildman–Crippen MR) is 67.7 cm³/mol. The van der Waals surface area contributed by atoms with Crippen molar-refractivity contribution in [2.45, 2.75) is 13.0 Å². The maximum absolute atomic E-state index is 12.1. The Balaban J connectivity index is 2.09. The first-order valence-corrected chi connectivity index (χ1v) is 5.75. The number of ether oxygens (including phenoxy) is 1. The van der Waals surface area contributed by atoms with Crippen LogP contribution in [0.5, 0.6) is 5.75 Å². The average Bonchev–Trinajstić information content (AvgIpc) is 2.39. The third-order valence-electron chi connectivity index (χ3n) is 2.51. The van der Waals surface area contributed by atoms with Crippen LogP contribution in [0.4, 0.5) is 8.78 Å². The molecule has 0 aliphatic rings. The van der Waals surface area contributed by atoms with Gasteiger partial charge in [-0.1, -0.05) is 12.1 Å². The maximum atomic E-state index is 12.1. The van der Waals surface area contributed by atoms with Crippen molar-refractivity contribution in [3.63, 3.8) is 0 Å². The second-order valence-corrected chi connectivity index (χ2v) is 4.01. The highest BCUT2D eigenvalue weighted by atomic mass is 19.3. The Morgan fingerprint density at radius 3 is 2.50 bits per heavy atom. The molecule has 104 valence electrons. The molecule has 2 aromatic rings. The van der Waals surface area contributed by atoms with Crippen LogP contribution >= 0.6 is 0 Å². The minimum atomic E-state index is -2.87. The van der Waals surface area contributed by atoms with Gasteiger partial charge in [0.15, 0.2) is 0 Å². The molecule has 1 heterocycles. The van der Waals surface area contributed by atoms with Gasteiger partial charge >= 0.3 is 13.7 Å². The van der Waals surface area contributed by atoms with E-state index in [0.29, 0.717) is 17.8 Å². The lowest BCUT2D eigenvalue weighted by Crippen LogP contribution is -2.30. The monoisotopic (exact) mass is 280 g/mol. The number of hydrogen-bond acceptors (Lipinski definition) is 5. The molecular weight excluding hydrogens is 269 g/mol. The summed E-state index contributed by atoms with van der Waals surface area (Å²) in [6, 6.07) is 6.24. The molecule has 0 bridgehead atoms. The maximum Gasteiger partial charge on any atom is 0.491 e. The van der Waals surface area contributed by atoms with Crippen molar-refractivity contribution < 1.29 is 23.6 Å². The van der Waals surface area contributed by atoms with Crippen LogP contribution in [0.25, 0.3) is 0 Å². The predicted octanol–water partition coefficient (Wildman–Crippen LogP) is 0.349.